The molecule has 0 aliphatic carbocycles. The number of hydrogen-bond donors (Lipinski definition) is 2. The number of carbonyl (C=O) groups excluding carboxylic acids is 2. The van der Waals surface area contributed by atoms with E-state index in [2.05, 4.69) is 15.4 Å². The quantitative estimate of drug-likeness (QED) is 0.597. The van der Waals surface area contributed by atoms with Crippen molar-refractivity contribution >= 4 is 29.2 Å². The minimum Gasteiger partial charge on any atom is -0.465 e. The number of hydrogen-bond acceptors (Lipinski definition) is 4. The molecule has 0 spiro atoms. The first-order valence-electron chi connectivity index (χ1n) is 7.52. The fourth-order valence-electron chi connectivity index (χ4n) is 2.17. The molecule has 126 valence electrons. The number of methoxy groups -OCH3 is 1. The molecule has 0 bridgehead atoms. The van der Waals surface area contributed by atoms with Crippen LogP contribution in [0.2, 0.25) is 5.02 Å². The maximum Gasteiger partial charge on any atom is 0.337 e. The molecule has 0 aliphatic rings. The number of amides is 1. The SMILES string of the molecule is COC(=O)c1cccc(NC(=O)CNCCc2cccc(Cl)c2)c1. The molecule has 0 heterocycles. The molecule has 1 amide bonds. The topological polar surface area (TPSA) is 67.4 Å². The maximum atomic E-state index is 11.9. The van der Waals surface area contributed by atoms with Gasteiger partial charge in [-0.2, -0.15) is 0 Å². The highest BCUT2D eigenvalue weighted by atomic mass is 35.5. The van der Waals surface area contributed by atoms with Crippen LogP contribution in [0.25, 0.3) is 0 Å². The Kier molecular flexibility index (Phi) is 6.78. The maximum absolute atomic E-state index is 11.9. The van der Waals surface area contributed by atoms with E-state index in [1.807, 2.05) is 24.3 Å². The summed E-state index contributed by atoms with van der Waals surface area (Å²) in [5.41, 5.74) is 2.06. The van der Waals surface area contributed by atoms with Gasteiger partial charge in [-0.15, -0.1) is 0 Å². The highest BCUT2D eigenvalue weighted by Gasteiger charge is 2.07. The molecule has 2 aromatic carbocycles. The van der Waals surface area contributed by atoms with Gasteiger partial charge in [-0.05, 0) is 48.9 Å². The highest BCUT2D eigenvalue weighted by molar-refractivity contribution is 6.30. The van der Waals surface area contributed by atoms with Gasteiger partial charge in [-0.3, -0.25) is 4.79 Å². The molecule has 0 aliphatic heterocycles. The van der Waals surface area contributed by atoms with E-state index in [-0.39, 0.29) is 12.5 Å². The molecule has 2 rings (SSSR count). The van der Waals surface area contributed by atoms with Crippen molar-refractivity contribution in [1.82, 2.24) is 5.32 Å². The van der Waals surface area contributed by atoms with Crippen LogP contribution < -0.4 is 10.6 Å². The number of anilines is 1. The van der Waals surface area contributed by atoms with E-state index >= 15 is 0 Å². The fourth-order valence-corrected chi connectivity index (χ4v) is 2.39. The molecule has 5 nitrogen and oxygen atoms in total. The Labute approximate surface area is 146 Å². The molecule has 0 fully saturated rings. The van der Waals surface area contributed by atoms with Gasteiger partial charge in [0, 0.05) is 10.7 Å². The number of nitrogens with one attached hydrogen (secondary N) is 2. The second kappa shape index (κ2) is 9.05. The molecule has 6 heteroatoms. The summed E-state index contributed by atoms with van der Waals surface area (Å²) in [5.74, 6) is -0.617. The predicted molar refractivity (Wildman–Crippen MR) is 94.4 cm³/mol. The van der Waals surface area contributed by atoms with Crippen LogP contribution in [-0.2, 0) is 16.0 Å². The third kappa shape index (κ3) is 5.68. The number of benzene rings is 2. The van der Waals surface area contributed by atoms with Crippen LogP contribution >= 0.6 is 11.6 Å². The molecule has 0 saturated carbocycles. The highest BCUT2D eigenvalue weighted by Crippen LogP contribution is 2.12. The Morgan fingerprint density at radius 2 is 1.92 bits per heavy atom. The monoisotopic (exact) mass is 346 g/mol. The number of carbonyl (C=O) groups is 2. The van der Waals surface area contributed by atoms with Gasteiger partial charge in [0.1, 0.15) is 0 Å². The van der Waals surface area contributed by atoms with Crippen LogP contribution in [-0.4, -0.2) is 32.1 Å². The molecule has 0 radical (unpaired) electrons. The van der Waals surface area contributed by atoms with E-state index < -0.39 is 5.97 Å². The van der Waals surface area contributed by atoms with Crippen molar-refractivity contribution in [3.63, 3.8) is 0 Å². The fraction of sp³-hybridized carbons (Fsp3) is 0.222. The molecular formula is C18H19ClN2O3. The van der Waals surface area contributed by atoms with Crippen molar-refractivity contribution in [3.8, 4) is 0 Å². The lowest BCUT2D eigenvalue weighted by molar-refractivity contribution is -0.115. The van der Waals surface area contributed by atoms with E-state index in [4.69, 9.17) is 11.6 Å². The third-order valence-electron chi connectivity index (χ3n) is 3.33. The minimum atomic E-state index is -0.439. The van der Waals surface area contributed by atoms with Crippen molar-refractivity contribution in [1.29, 1.82) is 0 Å². The predicted octanol–water partition coefficient (Wildman–Crippen LogP) is 2.90. The summed E-state index contributed by atoms with van der Waals surface area (Å²) in [6, 6.07) is 14.2. The van der Waals surface area contributed by atoms with E-state index in [0.717, 1.165) is 12.0 Å². The van der Waals surface area contributed by atoms with Crippen LogP contribution in [0.3, 0.4) is 0 Å². The summed E-state index contributed by atoms with van der Waals surface area (Å²) in [6.07, 6.45) is 0.783. The Hall–Kier alpha value is -2.37. The first kappa shape index (κ1) is 18.0. The number of rotatable bonds is 7. The largest absolute Gasteiger partial charge is 0.465 e. The zero-order chi connectivity index (χ0) is 17.4. The molecular weight excluding hydrogens is 328 g/mol. The van der Waals surface area contributed by atoms with Gasteiger partial charge in [-0.1, -0.05) is 29.8 Å². The number of esters is 1. The van der Waals surface area contributed by atoms with Crippen LogP contribution in [0.5, 0.6) is 0 Å². The zero-order valence-electron chi connectivity index (χ0n) is 13.3. The normalized spacial score (nSPS) is 10.2. The van der Waals surface area contributed by atoms with E-state index in [9.17, 15) is 9.59 Å². The summed E-state index contributed by atoms with van der Waals surface area (Å²) < 4.78 is 4.65. The van der Waals surface area contributed by atoms with Gasteiger partial charge in [-0.25, -0.2) is 4.79 Å². The Bertz CT molecular complexity index is 719. The lowest BCUT2D eigenvalue weighted by Gasteiger charge is -2.08. The van der Waals surface area contributed by atoms with Gasteiger partial charge >= 0.3 is 5.97 Å². The van der Waals surface area contributed by atoms with Crippen molar-refractivity contribution < 1.29 is 14.3 Å². The lowest BCUT2D eigenvalue weighted by Crippen LogP contribution is -2.29. The lowest BCUT2D eigenvalue weighted by atomic mass is 10.1. The number of halogens is 1. The Morgan fingerprint density at radius 3 is 2.67 bits per heavy atom. The van der Waals surface area contributed by atoms with E-state index in [1.165, 1.54) is 7.11 Å². The van der Waals surface area contributed by atoms with Crippen LogP contribution in [0.1, 0.15) is 15.9 Å². The smallest absolute Gasteiger partial charge is 0.337 e. The van der Waals surface area contributed by atoms with Crippen molar-refractivity contribution in [3.05, 3.63) is 64.7 Å². The number of ether oxygens (including phenoxy) is 1. The van der Waals surface area contributed by atoms with Crippen LogP contribution in [0.15, 0.2) is 48.5 Å². The molecule has 24 heavy (non-hydrogen) atoms. The standard InChI is InChI=1S/C18H19ClN2O3/c1-24-18(23)14-5-3-7-16(11-14)21-17(22)12-20-9-8-13-4-2-6-15(19)10-13/h2-7,10-11,20H,8-9,12H2,1H3,(H,21,22). The first-order valence-corrected chi connectivity index (χ1v) is 7.89. The Morgan fingerprint density at radius 1 is 1.12 bits per heavy atom. The molecule has 0 atom stereocenters. The molecule has 0 unspecified atom stereocenters. The van der Waals surface area contributed by atoms with Gasteiger partial charge in [0.15, 0.2) is 0 Å². The van der Waals surface area contributed by atoms with Gasteiger partial charge < -0.3 is 15.4 Å². The summed E-state index contributed by atoms with van der Waals surface area (Å²) in [7, 11) is 1.32. The average molecular weight is 347 g/mol. The van der Waals surface area contributed by atoms with E-state index in [0.29, 0.717) is 22.8 Å². The summed E-state index contributed by atoms with van der Waals surface area (Å²) in [5, 5.41) is 6.52. The minimum absolute atomic E-state index is 0.178. The van der Waals surface area contributed by atoms with Crippen molar-refractivity contribution in [2.24, 2.45) is 0 Å². The van der Waals surface area contributed by atoms with Crippen molar-refractivity contribution in [2.45, 2.75) is 6.42 Å². The summed E-state index contributed by atoms with van der Waals surface area (Å²) in [6.45, 7) is 0.846. The van der Waals surface area contributed by atoms with E-state index in [1.54, 1.807) is 24.3 Å². The Balaban J connectivity index is 1.76. The third-order valence-corrected chi connectivity index (χ3v) is 3.57. The molecule has 0 saturated heterocycles. The van der Waals surface area contributed by atoms with Crippen molar-refractivity contribution in [2.75, 3.05) is 25.5 Å². The summed E-state index contributed by atoms with van der Waals surface area (Å²) in [4.78, 5) is 23.4. The second-order valence-electron chi connectivity index (χ2n) is 5.18. The van der Waals surface area contributed by atoms with Gasteiger partial charge in [0.2, 0.25) is 5.91 Å². The molecule has 2 N–H and O–H groups in total. The average Bonchev–Trinajstić information content (AvgIpc) is 2.58. The molecule has 0 aromatic heterocycles. The van der Waals surface area contributed by atoms with Crippen LogP contribution in [0, 0.1) is 0 Å². The van der Waals surface area contributed by atoms with Gasteiger partial charge in [0.05, 0.1) is 19.2 Å². The second-order valence-corrected chi connectivity index (χ2v) is 5.61. The zero-order valence-corrected chi connectivity index (χ0v) is 14.1. The summed E-state index contributed by atoms with van der Waals surface area (Å²) >= 11 is 5.93. The first-order chi connectivity index (χ1) is 11.6. The van der Waals surface area contributed by atoms with Crippen LogP contribution in [0.4, 0.5) is 5.69 Å². The van der Waals surface area contributed by atoms with Gasteiger partial charge in [0.25, 0.3) is 0 Å². The molecule has 2 aromatic rings.